The van der Waals surface area contributed by atoms with Crippen molar-refractivity contribution in [3.8, 4) is 0 Å². The summed E-state index contributed by atoms with van der Waals surface area (Å²) in [4.78, 5) is 4.80. The van der Waals surface area contributed by atoms with Gasteiger partial charge in [-0.3, -0.25) is 4.90 Å². The Morgan fingerprint density at radius 3 is 2.44 bits per heavy atom. The normalized spacial score (nSPS) is 28.5. The molecule has 0 amide bonds. The maximum absolute atomic E-state index is 10.5. The monoisotopic (exact) mass is 374 g/mol. The number of benzene rings is 1. The molecule has 152 valence electrons. The molecule has 0 bridgehead atoms. The lowest BCUT2D eigenvalue weighted by atomic mass is 9.75. The molecule has 0 aromatic heterocycles. The van der Waals surface area contributed by atoms with E-state index in [1.165, 1.54) is 18.5 Å². The fourth-order valence-corrected chi connectivity index (χ4v) is 4.72. The molecule has 4 nitrogen and oxygen atoms in total. The Labute approximate surface area is 165 Å². The van der Waals surface area contributed by atoms with Crippen molar-refractivity contribution in [1.29, 1.82) is 0 Å². The fourth-order valence-electron chi connectivity index (χ4n) is 4.72. The van der Waals surface area contributed by atoms with Gasteiger partial charge in [-0.1, -0.05) is 45.4 Å². The minimum Gasteiger partial charge on any atom is -0.389 e. The highest BCUT2D eigenvalue weighted by atomic mass is 16.5. The molecule has 27 heavy (non-hydrogen) atoms. The molecule has 1 aromatic carbocycles. The van der Waals surface area contributed by atoms with E-state index in [1.54, 1.807) is 0 Å². The predicted octanol–water partition coefficient (Wildman–Crippen LogP) is 3.65. The number of anilines is 1. The van der Waals surface area contributed by atoms with Crippen LogP contribution in [0.2, 0.25) is 0 Å². The first-order chi connectivity index (χ1) is 13.0. The number of hydrogen-bond acceptors (Lipinski definition) is 4. The topological polar surface area (TPSA) is 35.9 Å². The molecule has 1 saturated carbocycles. The molecular weight excluding hydrogens is 336 g/mol. The second kappa shape index (κ2) is 9.90. The SMILES string of the molecule is CC(C)[C@@H]1CC[C@@H](C)C[C@H]1OC[C@H](O)CN1CCN(c2ccccc2)CC1. The van der Waals surface area contributed by atoms with Gasteiger partial charge in [-0.15, -0.1) is 0 Å². The van der Waals surface area contributed by atoms with Crippen molar-refractivity contribution in [3.63, 3.8) is 0 Å². The molecule has 4 heteroatoms. The van der Waals surface area contributed by atoms with Crippen LogP contribution in [0.4, 0.5) is 5.69 Å². The van der Waals surface area contributed by atoms with E-state index in [2.05, 4.69) is 60.9 Å². The molecule has 0 radical (unpaired) electrons. The maximum Gasteiger partial charge on any atom is 0.0900 e. The highest BCUT2D eigenvalue weighted by Crippen LogP contribution is 2.35. The van der Waals surface area contributed by atoms with Crippen molar-refractivity contribution in [2.24, 2.45) is 17.8 Å². The van der Waals surface area contributed by atoms with E-state index in [9.17, 15) is 5.11 Å². The van der Waals surface area contributed by atoms with E-state index in [4.69, 9.17) is 4.74 Å². The number of hydrogen-bond donors (Lipinski definition) is 1. The van der Waals surface area contributed by atoms with Crippen LogP contribution in [0.1, 0.15) is 40.0 Å². The number of aliphatic hydroxyl groups is 1. The third-order valence-corrected chi connectivity index (χ3v) is 6.43. The Morgan fingerprint density at radius 1 is 1.07 bits per heavy atom. The number of nitrogens with zero attached hydrogens (tertiary/aromatic N) is 2. The third kappa shape index (κ3) is 5.94. The highest BCUT2D eigenvalue weighted by molar-refractivity contribution is 5.46. The highest BCUT2D eigenvalue weighted by Gasteiger charge is 2.32. The zero-order valence-electron chi connectivity index (χ0n) is 17.4. The third-order valence-electron chi connectivity index (χ3n) is 6.43. The Bertz CT molecular complexity index is 543. The number of para-hydroxylation sites is 1. The first kappa shape index (κ1) is 20.6. The number of ether oxygens (including phenoxy) is 1. The van der Waals surface area contributed by atoms with Crippen LogP contribution in [-0.4, -0.2) is 61.5 Å². The molecule has 1 heterocycles. The molecule has 1 aromatic rings. The van der Waals surface area contributed by atoms with Crippen LogP contribution in [-0.2, 0) is 4.74 Å². The average Bonchev–Trinajstić information content (AvgIpc) is 2.67. The van der Waals surface area contributed by atoms with Gasteiger partial charge in [-0.2, -0.15) is 0 Å². The second-order valence-corrected chi connectivity index (χ2v) is 8.97. The first-order valence-corrected chi connectivity index (χ1v) is 10.8. The Balaban J connectivity index is 1.40. The van der Waals surface area contributed by atoms with Gasteiger partial charge in [-0.05, 0) is 42.7 Å². The van der Waals surface area contributed by atoms with Gasteiger partial charge in [0.05, 0.1) is 18.8 Å². The number of aliphatic hydroxyl groups excluding tert-OH is 1. The van der Waals surface area contributed by atoms with Gasteiger partial charge in [0.1, 0.15) is 0 Å². The van der Waals surface area contributed by atoms with Crippen LogP contribution in [0.25, 0.3) is 0 Å². The molecule has 1 aliphatic heterocycles. The van der Waals surface area contributed by atoms with E-state index in [-0.39, 0.29) is 0 Å². The van der Waals surface area contributed by atoms with Crippen molar-refractivity contribution in [2.45, 2.75) is 52.2 Å². The van der Waals surface area contributed by atoms with Crippen molar-refractivity contribution in [1.82, 2.24) is 4.90 Å². The molecule has 2 fully saturated rings. The lowest BCUT2D eigenvalue weighted by molar-refractivity contribution is -0.0740. The van der Waals surface area contributed by atoms with Gasteiger partial charge in [0, 0.05) is 38.4 Å². The standard InChI is InChI=1S/C23H38N2O2/c1-18(2)22-10-9-19(3)15-23(22)27-17-21(26)16-24-11-13-25(14-12-24)20-7-5-4-6-8-20/h4-8,18-19,21-23,26H,9-17H2,1-3H3/t19-,21-,22+,23-/m1/s1. The summed E-state index contributed by atoms with van der Waals surface area (Å²) in [5, 5.41) is 10.5. The minimum atomic E-state index is -0.390. The van der Waals surface area contributed by atoms with Crippen LogP contribution >= 0.6 is 0 Å². The van der Waals surface area contributed by atoms with Gasteiger partial charge in [0.25, 0.3) is 0 Å². The van der Waals surface area contributed by atoms with Crippen molar-refractivity contribution in [3.05, 3.63) is 30.3 Å². The molecule has 1 saturated heterocycles. The number of rotatable bonds is 7. The summed E-state index contributed by atoms with van der Waals surface area (Å²) < 4.78 is 6.23. The van der Waals surface area contributed by atoms with Gasteiger partial charge in [0.2, 0.25) is 0 Å². The largest absolute Gasteiger partial charge is 0.389 e. The zero-order chi connectivity index (χ0) is 19.2. The number of piperazine rings is 1. The summed E-state index contributed by atoms with van der Waals surface area (Å²) >= 11 is 0. The zero-order valence-corrected chi connectivity index (χ0v) is 17.4. The quantitative estimate of drug-likeness (QED) is 0.790. The lowest BCUT2D eigenvalue weighted by Gasteiger charge is -2.39. The van der Waals surface area contributed by atoms with Crippen LogP contribution in [0.5, 0.6) is 0 Å². The Kier molecular flexibility index (Phi) is 7.57. The van der Waals surface area contributed by atoms with E-state index >= 15 is 0 Å². The molecule has 0 unspecified atom stereocenters. The number of β-amino-alcohol motifs (C(OH)–C–C–N with tert-alkyl or cyclic N) is 1. The summed E-state index contributed by atoms with van der Waals surface area (Å²) in [5.41, 5.74) is 1.30. The van der Waals surface area contributed by atoms with Crippen LogP contribution < -0.4 is 4.90 Å². The molecular formula is C23H38N2O2. The molecule has 1 aliphatic carbocycles. The maximum atomic E-state index is 10.5. The van der Waals surface area contributed by atoms with Crippen LogP contribution in [0.3, 0.4) is 0 Å². The molecule has 3 rings (SSSR count). The van der Waals surface area contributed by atoms with Gasteiger partial charge >= 0.3 is 0 Å². The van der Waals surface area contributed by atoms with E-state index in [1.807, 2.05) is 0 Å². The summed E-state index contributed by atoms with van der Waals surface area (Å²) in [6.45, 7) is 12.2. The summed E-state index contributed by atoms with van der Waals surface area (Å²) in [6.07, 6.45) is 3.65. The smallest absolute Gasteiger partial charge is 0.0900 e. The second-order valence-electron chi connectivity index (χ2n) is 8.97. The van der Waals surface area contributed by atoms with Gasteiger partial charge in [-0.25, -0.2) is 0 Å². The Morgan fingerprint density at radius 2 is 1.78 bits per heavy atom. The molecule has 0 spiro atoms. The van der Waals surface area contributed by atoms with Crippen molar-refractivity contribution >= 4 is 5.69 Å². The van der Waals surface area contributed by atoms with Crippen LogP contribution in [0, 0.1) is 17.8 Å². The minimum absolute atomic E-state index is 0.318. The van der Waals surface area contributed by atoms with E-state index in [0.717, 1.165) is 45.1 Å². The lowest BCUT2D eigenvalue weighted by Crippen LogP contribution is -2.49. The van der Waals surface area contributed by atoms with Gasteiger partial charge in [0.15, 0.2) is 0 Å². The van der Waals surface area contributed by atoms with Crippen molar-refractivity contribution in [2.75, 3.05) is 44.2 Å². The fraction of sp³-hybridized carbons (Fsp3) is 0.739. The average molecular weight is 375 g/mol. The van der Waals surface area contributed by atoms with E-state index in [0.29, 0.717) is 24.5 Å². The van der Waals surface area contributed by atoms with Crippen LogP contribution in [0.15, 0.2) is 30.3 Å². The predicted molar refractivity (Wildman–Crippen MR) is 112 cm³/mol. The van der Waals surface area contributed by atoms with Gasteiger partial charge < -0.3 is 14.7 Å². The summed E-state index contributed by atoms with van der Waals surface area (Å²) in [6, 6.07) is 10.6. The Hall–Kier alpha value is -1.10. The molecule has 4 atom stereocenters. The first-order valence-electron chi connectivity index (χ1n) is 10.8. The summed E-state index contributed by atoms with van der Waals surface area (Å²) in [5.74, 6) is 2.04. The molecule has 2 aliphatic rings. The van der Waals surface area contributed by atoms with E-state index < -0.39 is 6.10 Å². The summed E-state index contributed by atoms with van der Waals surface area (Å²) in [7, 11) is 0. The molecule has 1 N–H and O–H groups in total. The van der Waals surface area contributed by atoms with Crippen molar-refractivity contribution < 1.29 is 9.84 Å².